The van der Waals surface area contributed by atoms with Crippen molar-refractivity contribution in [1.82, 2.24) is 14.3 Å². The van der Waals surface area contributed by atoms with Gasteiger partial charge in [0.05, 0.1) is 11.6 Å². The SMILES string of the molecule is Cc1c2cnn(CC(=O)N3CCc4ccccc43)c(=O)c2c(C)n1Cc1ccc(Cl)cc1. The van der Waals surface area contributed by atoms with Gasteiger partial charge in [0.15, 0.2) is 0 Å². The molecule has 0 bridgehead atoms. The Balaban J connectivity index is 1.47. The molecule has 4 aromatic rings. The summed E-state index contributed by atoms with van der Waals surface area (Å²) >= 11 is 6.01. The fourth-order valence-electron chi connectivity index (χ4n) is 4.58. The van der Waals surface area contributed by atoms with Crippen molar-refractivity contribution >= 4 is 34.0 Å². The normalized spacial score (nSPS) is 13.0. The number of aryl methyl sites for hydroxylation is 2. The molecule has 1 amide bonds. The topological polar surface area (TPSA) is 60.1 Å². The molecule has 0 N–H and O–H groups in total. The lowest BCUT2D eigenvalue weighted by atomic mass is 10.2. The van der Waals surface area contributed by atoms with Gasteiger partial charge in [0, 0.05) is 40.6 Å². The Morgan fingerprint density at radius 2 is 1.81 bits per heavy atom. The third-order valence-electron chi connectivity index (χ3n) is 6.33. The van der Waals surface area contributed by atoms with E-state index in [2.05, 4.69) is 9.67 Å². The van der Waals surface area contributed by atoms with Crippen molar-refractivity contribution in [2.45, 2.75) is 33.4 Å². The fourth-order valence-corrected chi connectivity index (χ4v) is 4.70. The maximum absolute atomic E-state index is 13.3. The van der Waals surface area contributed by atoms with Crippen LogP contribution in [0, 0.1) is 13.8 Å². The van der Waals surface area contributed by atoms with E-state index in [4.69, 9.17) is 11.6 Å². The summed E-state index contributed by atoms with van der Waals surface area (Å²) in [6, 6.07) is 15.6. The summed E-state index contributed by atoms with van der Waals surface area (Å²) in [7, 11) is 0. The van der Waals surface area contributed by atoms with Gasteiger partial charge >= 0.3 is 0 Å². The van der Waals surface area contributed by atoms with E-state index < -0.39 is 0 Å². The van der Waals surface area contributed by atoms with Crippen LogP contribution < -0.4 is 10.5 Å². The van der Waals surface area contributed by atoms with Gasteiger partial charge in [-0.2, -0.15) is 5.10 Å². The maximum Gasteiger partial charge on any atom is 0.276 e. The number of amides is 1. The number of carbonyl (C=O) groups excluding carboxylic acids is 1. The van der Waals surface area contributed by atoms with Crippen molar-refractivity contribution in [2.75, 3.05) is 11.4 Å². The summed E-state index contributed by atoms with van der Waals surface area (Å²) < 4.78 is 3.39. The molecule has 5 rings (SSSR count). The van der Waals surface area contributed by atoms with E-state index in [1.165, 1.54) is 4.68 Å². The number of benzene rings is 2. The summed E-state index contributed by atoms with van der Waals surface area (Å²) in [6.45, 7) is 5.11. The third kappa shape index (κ3) is 3.41. The highest BCUT2D eigenvalue weighted by atomic mass is 35.5. The van der Waals surface area contributed by atoms with E-state index in [-0.39, 0.29) is 18.0 Å². The highest BCUT2D eigenvalue weighted by molar-refractivity contribution is 6.30. The van der Waals surface area contributed by atoms with Crippen LogP contribution in [-0.2, 0) is 24.3 Å². The van der Waals surface area contributed by atoms with E-state index in [1.54, 1.807) is 11.1 Å². The summed E-state index contributed by atoms with van der Waals surface area (Å²) in [5.74, 6) is -0.126. The van der Waals surface area contributed by atoms with Gasteiger partial charge in [-0.3, -0.25) is 9.59 Å². The highest BCUT2D eigenvalue weighted by Crippen LogP contribution is 2.28. The monoisotopic (exact) mass is 446 g/mol. The fraction of sp³-hybridized carbons (Fsp3) is 0.240. The Morgan fingerprint density at radius 3 is 2.59 bits per heavy atom. The van der Waals surface area contributed by atoms with E-state index in [9.17, 15) is 9.59 Å². The number of carbonyl (C=O) groups is 1. The molecular weight excluding hydrogens is 424 g/mol. The van der Waals surface area contributed by atoms with Crippen LogP contribution in [0.1, 0.15) is 22.5 Å². The number of anilines is 1. The second-order valence-electron chi connectivity index (χ2n) is 8.20. The Hall–Kier alpha value is -3.38. The maximum atomic E-state index is 13.3. The molecule has 32 heavy (non-hydrogen) atoms. The van der Waals surface area contributed by atoms with Crippen molar-refractivity contribution < 1.29 is 4.79 Å². The molecule has 1 aliphatic heterocycles. The Labute approximate surface area is 190 Å². The molecule has 6 nitrogen and oxygen atoms in total. The van der Waals surface area contributed by atoms with E-state index in [0.717, 1.165) is 40.0 Å². The van der Waals surface area contributed by atoms with Gasteiger partial charge in [-0.1, -0.05) is 41.9 Å². The zero-order valence-corrected chi connectivity index (χ0v) is 18.8. The third-order valence-corrected chi connectivity index (χ3v) is 6.58. The van der Waals surface area contributed by atoms with Crippen molar-refractivity contribution in [3.63, 3.8) is 0 Å². The first-order valence-corrected chi connectivity index (χ1v) is 11.0. The van der Waals surface area contributed by atoms with Crippen LogP contribution >= 0.6 is 11.6 Å². The molecule has 0 saturated heterocycles. The first-order valence-electron chi connectivity index (χ1n) is 10.6. The number of aromatic nitrogens is 3. The molecule has 0 atom stereocenters. The second-order valence-corrected chi connectivity index (χ2v) is 8.64. The minimum Gasteiger partial charge on any atom is -0.343 e. The van der Waals surface area contributed by atoms with E-state index in [0.29, 0.717) is 23.5 Å². The van der Waals surface area contributed by atoms with Crippen LogP contribution in [0.15, 0.2) is 59.5 Å². The molecule has 3 heterocycles. The first-order chi connectivity index (χ1) is 15.4. The molecule has 0 fully saturated rings. The van der Waals surface area contributed by atoms with Gasteiger partial charge in [-0.15, -0.1) is 0 Å². The van der Waals surface area contributed by atoms with Crippen LogP contribution in [-0.4, -0.2) is 26.8 Å². The number of rotatable bonds is 4. The summed E-state index contributed by atoms with van der Waals surface area (Å²) in [4.78, 5) is 28.1. The van der Waals surface area contributed by atoms with Gasteiger partial charge in [-0.05, 0) is 49.6 Å². The summed E-state index contributed by atoms with van der Waals surface area (Å²) in [5, 5.41) is 6.45. The van der Waals surface area contributed by atoms with Crippen LogP contribution in [0.3, 0.4) is 0 Å². The molecule has 7 heteroatoms. The average Bonchev–Trinajstić information content (AvgIpc) is 3.32. The zero-order valence-electron chi connectivity index (χ0n) is 18.0. The van der Waals surface area contributed by atoms with Crippen molar-refractivity contribution in [1.29, 1.82) is 0 Å². The van der Waals surface area contributed by atoms with Crippen LogP contribution in [0.4, 0.5) is 5.69 Å². The quantitative estimate of drug-likeness (QED) is 0.474. The van der Waals surface area contributed by atoms with Crippen LogP contribution in [0.2, 0.25) is 5.02 Å². The van der Waals surface area contributed by atoms with Gasteiger partial charge in [-0.25, -0.2) is 4.68 Å². The number of nitrogens with zero attached hydrogens (tertiary/aromatic N) is 4. The van der Waals surface area contributed by atoms with Gasteiger partial charge in [0.1, 0.15) is 6.54 Å². The predicted octanol–water partition coefficient (Wildman–Crippen LogP) is 4.11. The minimum atomic E-state index is -0.237. The minimum absolute atomic E-state index is 0.0794. The first kappa shape index (κ1) is 20.5. The second kappa shape index (κ2) is 7.95. The number of para-hydroxylation sites is 1. The zero-order chi connectivity index (χ0) is 22.4. The Kier molecular flexibility index (Phi) is 5.10. The molecular formula is C25H23ClN4O2. The van der Waals surface area contributed by atoms with Gasteiger partial charge in [0.2, 0.25) is 5.91 Å². The molecule has 2 aromatic carbocycles. The summed E-state index contributed by atoms with van der Waals surface area (Å²) in [5.41, 5.74) is 4.78. The van der Waals surface area contributed by atoms with Gasteiger partial charge in [0.25, 0.3) is 5.56 Å². The molecule has 0 radical (unpaired) electrons. The molecule has 1 aliphatic rings. The van der Waals surface area contributed by atoms with Crippen molar-refractivity contribution in [2.24, 2.45) is 0 Å². The predicted molar refractivity (Wildman–Crippen MR) is 127 cm³/mol. The van der Waals surface area contributed by atoms with Gasteiger partial charge < -0.3 is 9.47 Å². The molecule has 2 aromatic heterocycles. The number of fused-ring (bicyclic) bond motifs is 2. The number of halogens is 1. The lowest BCUT2D eigenvalue weighted by Gasteiger charge is -2.17. The van der Waals surface area contributed by atoms with Crippen LogP contribution in [0.25, 0.3) is 10.8 Å². The average molecular weight is 447 g/mol. The Morgan fingerprint density at radius 1 is 1.06 bits per heavy atom. The largest absolute Gasteiger partial charge is 0.343 e. The number of hydrogen-bond acceptors (Lipinski definition) is 3. The van der Waals surface area contributed by atoms with E-state index >= 15 is 0 Å². The lowest BCUT2D eigenvalue weighted by molar-refractivity contribution is -0.119. The molecule has 0 saturated carbocycles. The highest BCUT2D eigenvalue weighted by Gasteiger charge is 2.25. The smallest absolute Gasteiger partial charge is 0.276 e. The standard InChI is InChI=1S/C25H23ClN4O2/c1-16-21-13-27-30(15-23(31)28-12-11-19-5-3-4-6-22(19)28)25(32)24(21)17(2)29(16)14-18-7-9-20(26)10-8-18/h3-10,13H,11-12,14-15H2,1-2H3. The van der Waals surface area contributed by atoms with Crippen LogP contribution in [0.5, 0.6) is 0 Å². The van der Waals surface area contributed by atoms with Crippen molar-refractivity contribution in [3.05, 3.63) is 92.6 Å². The summed E-state index contributed by atoms with van der Waals surface area (Å²) in [6.07, 6.45) is 2.53. The molecule has 162 valence electrons. The molecule has 0 unspecified atom stereocenters. The van der Waals surface area contributed by atoms with E-state index in [1.807, 2.05) is 62.4 Å². The molecule has 0 aliphatic carbocycles. The lowest BCUT2D eigenvalue weighted by Crippen LogP contribution is -2.36. The van der Waals surface area contributed by atoms with Crippen molar-refractivity contribution in [3.8, 4) is 0 Å². The molecule has 0 spiro atoms. The number of hydrogen-bond donors (Lipinski definition) is 0. The Bertz CT molecular complexity index is 1400.